The van der Waals surface area contributed by atoms with Gasteiger partial charge in [-0.05, 0) is 23.8 Å². The Kier molecular flexibility index (Phi) is 1.78. The van der Waals surface area contributed by atoms with Crippen molar-refractivity contribution in [3.05, 3.63) is 54.9 Å². The molecule has 0 saturated heterocycles. The van der Waals surface area contributed by atoms with Crippen molar-refractivity contribution in [3.8, 4) is 11.1 Å². The van der Waals surface area contributed by atoms with Crippen LogP contribution in [-0.4, -0.2) is 9.97 Å². The van der Waals surface area contributed by atoms with Gasteiger partial charge in [0.1, 0.15) is 5.65 Å². The SMILES string of the molecule is [c]1ccc(-c2c[nH]c3ncccc23)cc1. The van der Waals surface area contributed by atoms with Gasteiger partial charge < -0.3 is 4.98 Å². The highest BCUT2D eigenvalue weighted by Crippen LogP contribution is 2.26. The molecule has 0 amide bonds. The van der Waals surface area contributed by atoms with E-state index < -0.39 is 0 Å². The fourth-order valence-corrected chi connectivity index (χ4v) is 1.76. The van der Waals surface area contributed by atoms with Gasteiger partial charge in [0.25, 0.3) is 0 Å². The standard InChI is InChI=1S/C13H9N2/c1-2-5-10(6-3-1)12-9-15-13-11(12)7-4-8-14-13/h2-9H,(H,14,15). The van der Waals surface area contributed by atoms with Gasteiger partial charge in [-0.1, -0.05) is 24.3 Å². The zero-order valence-corrected chi connectivity index (χ0v) is 8.07. The Morgan fingerprint density at radius 2 is 2.00 bits per heavy atom. The van der Waals surface area contributed by atoms with Crippen LogP contribution in [-0.2, 0) is 0 Å². The number of aromatic amines is 1. The van der Waals surface area contributed by atoms with Crippen LogP contribution in [0.3, 0.4) is 0 Å². The van der Waals surface area contributed by atoms with Crippen LogP contribution in [0, 0.1) is 6.07 Å². The summed E-state index contributed by atoms with van der Waals surface area (Å²) < 4.78 is 0. The maximum absolute atomic E-state index is 4.26. The van der Waals surface area contributed by atoms with Gasteiger partial charge in [0.2, 0.25) is 0 Å². The van der Waals surface area contributed by atoms with E-state index in [1.165, 1.54) is 11.1 Å². The topological polar surface area (TPSA) is 28.7 Å². The Balaban J connectivity index is 2.28. The van der Waals surface area contributed by atoms with E-state index >= 15 is 0 Å². The molecular weight excluding hydrogens is 184 g/mol. The summed E-state index contributed by atoms with van der Waals surface area (Å²) in [6, 6.07) is 15.0. The second-order valence-corrected chi connectivity index (χ2v) is 3.39. The van der Waals surface area contributed by atoms with Crippen LogP contribution >= 0.6 is 0 Å². The molecule has 15 heavy (non-hydrogen) atoms. The molecule has 0 aliphatic rings. The molecule has 0 saturated carbocycles. The average molecular weight is 193 g/mol. The van der Waals surface area contributed by atoms with Crippen LogP contribution in [0.15, 0.2) is 48.8 Å². The van der Waals surface area contributed by atoms with Crippen LogP contribution in [0.2, 0.25) is 0 Å². The third-order valence-electron chi connectivity index (χ3n) is 2.48. The van der Waals surface area contributed by atoms with E-state index in [1.807, 2.05) is 24.4 Å². The highest BCUT2D eigenvalue weighted by atomic mass is 14.8. The molecule has 0 unspecified atom stereocenters. The first-order chi connectivity index (χ1) is 7.45. The maximum Gasteiger partial charge on any atom is 0.137 e. The molecule has 0 spiro atoms. The predicted molar refractivity (Wildman–Crippen MR) is 60.4 cm³/mol. The van der Waals surface area contributed by atoms with E-state index in [0.29, 0.717) is 0 Å². The summed E-state index contributed by atoms with van der Waals surface area (Å²) in [6.07, 6.45) is 3.79. The number of hydrogen-bond donors (Lipinski definition) is 1. The summed E-state index contributed by atoms with van der Waals surface area (Å²) in [5.74, 6) is 0. The van der Waals surface area contributed by atoms with Crippen molar-refractivity contribution in [3.63, 3.8) is 0 Å². The molecule has 0 bridgehead atoms. The highest BCUT2D eigenvalue weighted by molar-refractivity contribution is 5.93. The van der Waals surface area contributed by atoms with Crippen molar-refractivity contribution in [1.29, 1.82) is 0 Å². The first-order valence-corrected chi connectivity index (χ1v) is 4.84. The van der Waals surface area contributed by atoms with E-state index in [1.54, 1.807) is 6.20 Å². The van der Waals surface area contributed by atoms with Crippen LogP contribution in [0.25, 0.3) is 22.2 Å². The van der Waals surface area contributed by atoms with Gasteiger partial charge in [-0.15, -0.1) is 0 Å². The number of aromatic nitrogens is 2. The lowest BCUT2D eigenvalue weighted by Crippen LogP contribution is -1.75. The number of fused-ring (bicyclic) bond motifs is 1. The van der Waals surface area contributed by atoms with Crippen LogP contribution in [0.5, 0.6) is 0 Å². The minimum Gasteiger partial charge on any atom is -0.346 e. The Bertz CT molecular complexity index is 582. The maximum atomic E-state index is 4.26. The lowest BCUT2D eigenvalue weighted by atomic mass is 10.1. The molecule has 3 rings (SSSR count). The molecule has 3 aromatic rings. The average Bonchev–Trinajstić information content (AvgIpc) is 2.74. The summed E-state index contributed by atoms with van der Waals surface area (Å²) in [7, 11) is 0. The normalized spacial score (nSPS) is 10.7. The minimum atomic E-state index is 0.931. The molecule has 0 atom stereocenters. The van der Waals surface area contributed by atoms with E-state index in [9.17, 15) is 0 Å². The number of pyridine rings is 1. The van der Waals surface area contributed by atoms with Gasteiger partial charge in [0, 0.05) is 23.3 Å². The van der Waals surface area contributed by atoms with Crippen molar-refractivity contribution in [2.75, 3.05) is 0 Å². The molecule has 2 aromatic heterocycles. The molecule has 0 aliphatic heterocycles. The number of benzene rings is 1. The first kappa shape index (κ1) is 8.24. The van der Waals surface area contributed by atoms with Gasteiger partial charge in [0.15, 0.2) is 0 Å². The monoisotopic (exact) mass is 193 g/mol. The zero-order chi connectivity index (χ0) is 10.1. The first-order valence-electron chi connectivity index (χ1n) is 4.84. The van der Waals surface area contributed by atoms with E-state index in [-0.39, 0.29) is 0 Å². The lowest BCUT2D eigenvalue weighted by Gasteiger charge is -1.97. The van der Waals surface area contributed by atoms with Crippen molar-refractivity contribution < 1.29 is 0 Å². The molecule has 2 heteroatoms. The van der Waals surface area contributed by atoms with Crippen LogP contribution < -0.4 is 0 Å². The molecular formula is C13H9N2. The van der Waals surface area contributed by atoms with Gasteiger partial charge in [-0.2, -0.15) is 0 Å². The zero-order valence-electron chi connectivity index (χ0n) is 8.07. The summed E-state index contributed by atoms with van der Waals surface area (Å²) in [5.41, 5.74) is 3.31. The van der Waals surface area contributed by atoms with Gasteiger partial charge in [0.05, 0.1) is 0 Å². The van der Waals surface area contributed by atoms with Crippen molar-refractivity contribution in [2.24, 2.45) is 0 Å². The second-order valence-electron chi connectivity index (χ2n) is 3.39. The van der Waals surface area contributed by atoms with Crippen molar-refractivity contribution >= 4 is 11.0 Å². The molecule has 1 radical (unpaired) electrons. The Morgan fingerprint density at radius 1 is 1.13 bits per heavy atom. The van der Waals surface area contributed by atoms with Crippen LogP contribution in [0.4, 0.5) is 0 Å². The quantitative estimate of drug-likeness (QED) is 0.632. The molecule has 2 heterocycles. The molecule has 71 valence electrons. The van der Waals surface area contributed by atoms with Crippen molar-refractivity contribution in [2.45, 2.75) is 0 Å². The third kappa shape index (κ3) is 1.31. The Hall–Kier alpha value is -2.09. The van der Waals surface area contributed by atoms with Crippen molar-refractivity contribution in [1.82, 2.24) is 9.97 Å². The van der Waals surface area contributed by atoms with E-state index in [0.717, 1.165) is 11.0 Å². The molecule has 1 aromatic carbocycles. The van der Waals surface area contributed by atoms with Gasteiger partial charge in [-0.3, -0.25) is 0 Å². The number of nitrogens with zero attached hydrogens (tertiary/aromatic N) is 1. The molecule has 0 aliphatic carbocycles. The smallest absolute Gasteiger partial charge is 0.137 e. The molecule has 2 nitrogen and oxygen atoms in total. The summed E-state index contributed by atoms with van der Waals surface area (Å²) in [5, 5.41) is 1.16. The molecule has 1 N–H and O–H groups in total. The fraction of sp³-hybridized carbons (Fsp3) is 0. The Labute approximate surface area is 87.6 Å². The fourth-order valence-electron chi connectivity index (χ4n) is 1.76. The highest BCUT2D eigenvalue weighted by Gasteiger charge is 2.04. The minimum absolute atomic E-state index is 0.931. The number of hydrogen-bond acceptors (Lipinski definition) is 1. The molecule has 0 fully saturated rings. The van der Waals surface area contributed by atoms with Gasteiger partial charge in [-0.25, -0.2) is 4.98 Å². The number of H-pyrrole nitrogens is 1. The largest absolute Gasteiger partial charge is 0.346 e. The van der Waals surface area contributed by atoms with E-state index in [2.05, 4.69) is 34.2 Å². The summed E-state index contributed by atoms with van der Waals surface area (Å²) >= 11 is 0. The predicted octanol–water partition coefficient (Wildman–Crippen LogP) is 3.03. The number of rotatable bonds is 1. The third-order valence-corrected chi connectivity index (χ3v) is 2.48. The number of nitrogens with one attached hydrogen (secondary N) is 1. The Morgan fingerprint density at radius 3 is 2.87 bits per heavy atom. The van der Waals surface area contributed by atoms with Gasteiger partial charge >= 0.3 is 0 Å². The summed E-state index contributed by atoms with van der Waals surface area (Å²) in [4.78, 5) is 7.43. The van der Waals surface area contributed by atoms with E-state index in [4.69, 9.17) is 0 Å². The second kappa shape index (κ2) is 3.24. The van der Waals surface area contributed by atoms with Crippen LogP contribution in [0.1, 0.15) is 0 Å². The lowest BCUT2D eigenvalue weighted by molar-refractivity contribution is 1.33. The summed E-state index contributed by atoms with van der Waals surface area (Å²) in [6.45, 7) is 0.